The molecule has 3 rings (SSSR count). The van der Waals surface area contributed by atoms with E-state index >= 15 is 0 Å². The van der Waals surface area contributed by atoms with Crippen molar-refractivity contribution in [3.63, 3.8) is 0 Å². The lowest BCUT2D eigenvalue weighted by Crippen LogP contribution is -2.17. The first-order chi connectivity index (χ1) is 13.6. The van der Waals surface area contributed by atoms with Gasteiger partial charge in [-0.2, -0.15) is 0 Å². The molecule has 28 heavy (non-hydrogen) atoms. The van der Waals surface area contributed by atoms with E-state index in [1.54, 1.807) is 54.6 Å². The maximum absolute atomic E-state index is 13.7. The van der Waals surface area contributed by atoms with Gasteiger partial charge in [-0.1, -0.05) is 30.3 Å². The van der Waals surface area contributed by atoms with Crippen LogP contribution in [0.25, 0.3) is 0 Å². The molecular formula is C21H18FN3O3. The zero-order valence-corrected chi connectivity index (χ0v) is 15.1. The van der Waals surface area contributed by atoms with Crippen LogP contribution in [0.1, 0.15) is 26.4 Å². The molecule has 0 aliphatic carbocycles. The van der Waals surface area contributed by atoms with Crippen LogP contribution in [0.2, 0.25) is 0 Å². The van der Waals surface area contributed by atoms with Crippen LogP contribution in [-0.2, 0) is 11.3 Å². The average molecular weight is 379 g/mol. The minimum absolute atomic E-state index is 0.151. The van der Waals surface area contributed by atoms with Gasteiger partial charge in [0.2, 0.25) is 0 Å². The number of benzene rings is 2. The van der Waals surface area contributed by atoms with E-state index in [-0.39, 0.29) is 23.6 Å². The zero-order valence-electron chi connectivity index (χ0n) is 15.1. The number of hydrogen-bond acceptors (Lipinski definition) is 5. The van der Waals surface area contributed by atoms with E-state index < -0.39 is 11.9 Å². The van der Waals surface area contributed by atoms with Gasteiger partial charge in [0.05, 0.1) is 18.4 Å². The molecular weight excluding hydrogens is 361 g/mol. The standard InChI is InChI=1S/C21H18FN3O3/c1-28-21(27)16-7-3-5-9-18(16)25-20(26)19-12-15(10-11-23-19)24-13-14-6-2-4-8-17(14)22/h2-12H,13H2,1H3,(H,23,24)(H,25,26). The predicted molar refractivity (Wildman–Crippen MR) is 104 cm³/mol. The van der Waals surface area contributed by atoms with Crippen molar-refractivity contribution in [3.8, 4) is 0 Å². The van der Waals surface area contributed by atoms with Crippen molar-refractivity contribution in [2.24, 2.45) is 0 Å². The number of pyridine rings is 1. The quantitative estimate of drug-likeness (QED) is 0.636. The first-order valence-corrected chi connectivity index (χ1v) is 8.50. The molecule has 0 saturated heterocycles. The van der Waals surface area contributed by atoms with E-state index in [2.05, 4.69) is 15.6 Å². The monoisotopic (exact) mass is 379 g/mol. The highest BCUT2D eigenvalue weighted by Gasteiger charge is 2.15. The van der Waals surface area contributed by atoms with Crippen LogP contribution >= 0.6 is 0 Å². The van der Waals surface area contributed by atoms with Gasteiger partial charge in [-0.3, -0.25) is 9.78 Å². The number of nitrogens with one attached hydrogen (secondary N) is 2. The summed E-state index contributed by atoms with van der Waals surface area (Å²) in [5, 5.41) is 5.73. The topological polar surface area (TPSA) is 80.3 Å². The Morgan fingerprint density at radius 2 is 1.82 bits per heavy atom. The summed E-state index contributed by atoms with van der Waals surface area (Å²) in [4.78, 5) is 28.4. The highest BCUT2D eigenvalue weighted by molar-refractivity contribution is 6.07. The molecule has 0 spiro atoms. The highest BCUT2D eigenvalue weighted by atomic mass is 19.1. The Bertz CT molecular complexity index is 1010. The van der Waals surface area contributed by atoms with E-state index in [0.29, 0.717) is 16.9 Å². The number of amides is 1. The number of anilines is 2. The Morgan fingerprint density at radius 1 is 1.07 bits per heavy atom. The molecule has 1 amide bonds. The Balaban J connectivity index is 1.73. The molecule has 0 bridgehead atoms. The Kier molecular flexibility index (Phi) is 5.96. The van der Waals surface area contributed by atoms with Crippen LogP contribution in [0.4, 0.5) is 15.8 Å². The number of esters is 1. The molecule has 0 atom stereocenters. The van der Waals surface area contributed by atoms with Crippen LogP contribution in [0.3, 0.4) is 0 Å². The van der Waals surface area contributed by atoms with Gasteiger partial charge in [-0.05, 0) is 30.3 Å². The number of carbonyl (C=O) groups is 2. The summed E-state index contributed by atoms with van der Waals surface area (Å²) in [7, 11) is 1.27. The van der Waals surface area contributed by atoms with Crippen LogP contribution in [0, 0.1) is 5.82 Å². The molecule has 7 heteroatoms. The summed E-state index contributed by atoms with van der Waals surface area (Å²) in [5.41, 5.74) is 1.85. The average Bonchev–Trinajstić information content (AvgIpc) is 2.73. The zero-order chi connectivity index (χ0) is 19.9. The van der Waals surface area contributed by atoms with Crippen LogP contribution in [0.15, 0.2) is 66.9 Å². The fraction of sp³-hybridized carbons (Fsp3) is 0.0952. The molecule has 0 fully saturated rings. The lowest BCUT2D eigenvalue weighted by atomic mass is 10.1. The lowest BCUT2D eigenvalue weighted by Gasteiger charge is -2.11. The third kappa shape index (κ3) is 4.50. The highest BCUT2D eigenvalue weighted by Crippen LogP contribution is 2.18. The molecule has 0 saturated carbocycles. The van der Waals surface area contributed by atoms with Crippen molar-refractivity contribution in [3.05, 3.63) is 89.5 Å². The minimum Gasteiger partial charge on any atom is -0.465 e. The van der Waals surface area contributed by atoms with Gasteiger partial charge in [-0.15, -0.1) is 0 Å². The molecule has 0 aliphatic heterocycles. The maximum atomic E-state index is 13.7. The molecule has 0 unspecified atom stereocenters. The van der Waals surface area contributed by atoms with Crippen molar-refractivity contribution in [1.82, 2.24) is 4.98 Å². The largest absolute Gasteiger partial charge is 0.465 e. The number of ether oxygens (including phenoxy) is 1. The van der Waals surface area contributed by atoms with E-state index in [1.807, 2.05) is 0 Å². The number of rotatable bonds is 6. The molecule has 3 aromatic rings. The van der Waals surface area contributed by atoms with Gasteiger partial charge in [0, 0.05) is 24.0 Å². The maximum Gasteiger partial charge on any atom is 0.339 e. The van der Waals surface area contributed by atoms with E-state index in [1.165, 1.54) is 19.4 Å². The fourth-order valence-corrected chi connectivity index (χ4v) is 2.57. The second-order valence-electron chi connectivity index (χ2n) is 5.87. The van der Waals surface area contributed by atoms with E-state index in [0.717, 1.165) is 0 Å². The van der Waals surface area contributed by atoms with Crippen LogP contribution in [0.5, 0.6) is 0 Å². The minimum atomic E-state index is -0.552. The van der Waals surface area contributed by atoms with Crippen molar-refractivity contribution in [2.75, 3.05) is 17.7 Å². The molecule has 2 aromatic carbocycles. The summed E-state index contributed by atoms with van der Waals surface area (Å²) >= 11 is 0. The predicted octanol–water partition coefficient (Wildman–Crippen LogP) is 3.87. The molecule has 0 aliphatic rings. The van der Waals surface area contributed by atoms with Gasteiger partial charge < -0.3 is 15.4 Å². The number of aromatic nitrogens is 1. The van der Waals surface area contributed by atoms with E-state index in [4.69, 9.17) is 4.74 Å². The van der Waals surface area contributed by atoms with E-state index in [9.17, 15) is 14.0 Å². The van der Waals surface area contributed by atoms with Gasteiger partial charge in [0.15, 0.2) is 0 Å². The summed E-state index contributed by atoms with van der Waals surface area (Å²) in [5.74, 6) is -1.34. The molecule has 1 heterocycles. The van der Waals surface area contributed by atoms with Crippen molar-refractivity contribution >= 4 is 23.3 Å². The number of methoxy groups -OCH3 is 1. The Morgan fingerprint density at radius 3 is 2.61 bits per heavy atom. The van der Waals surface area contributed by atoms with Gasteiger partial charge in [0.25, 0.3) is 5.91 Å². The normalized spacial score (nSPS) is 10.2. The first-order valence-electron chi connectivity index (χ1n) is 8.50. The summed E-state index contributed by atoms with van der Waals surface area (Å²) < 4.78 is 18.4. The Hall–Kier alpha value is -3.74. The number of para-hydroxylation sites is 1. The van der Waals surface area contributed by atoms with Crippen molar-refractivity contribution < 1.29 is 18.7 Å². The second kappa shape index (κ2) is 8.77. The Labute approximate surface area is 161 Å². The molecule has 1 aromatic heterocycles. The molecule has 142 valence electrons. The number of halogens is 1. The van der Waals surface area contributed by atoms with Gasteiger partial charge >= 0.3 is 5.97 Å². The van der Waals surface area contributed by atoms with Crippen molar-refractivity contribution in [1.29, 1.82) is 0 Å². The van der Waals surface area contributed by atoms with Crippen LogP contribution < -0.4 is 10.6 Å². The van der Waals surface area contributed by atoms with Crippen molar-refractivity contribution in [2.45, 2.75) is 6.54 Å². The number of nitrogens with zero attached hydrogens (tertiary/aromatic N) is 1. The SMILES string of the molecule is COC(=O)c1ccccc1NC(=O)c1cc(NCc2ccccc2F)ccn1. The summed E-state index contributed by atoms with van der Waals surface area (Å²) in [6.45, 7) is 0.267. The molecule has 0 radical (unpaired) electrons. The molecule has 6 nitrogen and oxygen atoms in total. The summed E-state index contributed by atoms with van der Waals surface area (Å²) in [6, 6.07) is 16.2. The third-order valence-corrected chi connectivity index (χ3v) is 4.01. The first kappa shape index (κ1) is 19.0. The van der Waals surface area contributed by atoms with Gasteiger partial charge in [0.1, 0.15) is 11.5 Å². The molecule has 2 N–H and O–H groups in total. The lowest BCUT2D eigenvalue weighted by molar-refractivity contribution is 0.0602. The fourth-order valence-electron chi connectivity index (χ4n) is 2.57. The summed E-state index contributed by atoms with van der Waals surface area (Å²) in [6.07, 6.45) is 1.48. The van der Waals surface area contributed by atoms with Crippen LogP contribution in [-0.4, -0.2) is 24.0 Å². The second-order valence-corrected chi connectivity index (χ2v) is 5.87. The smallest absolute Gasteiger partial charge is 0.339 e. The van der Waals surface area contributed by atoms with Gasteiger partial charge in [-0.25, -0.2) is 9.18 Å². The number of carbonyl (C=O) groups excluding carboxylic acids is 2. The number of hydrogen-bond donors (Lipinski definition) is 2. The third-order valence-electron chi connectivity index (χ3n) is 4.01.